The standard InChI is InChI=1S/C12H11F3N4OS/c1-7(20)18-8-2-3-10(16-4-8)17-5-9-6-21-11(19-9)12(13,14)15/h2-4,6H,5H2,1H3,(H,16,17)(H,18,20). The maximum Gasteiger partial charge on any atom is 0.443 e. The van der Waals surface area contributed by atoms with Crippen LogP contribution in [0.3, 0.4) is 0 Å². The molecule has 2 aromatic heterocycles. The molecule has 0 aromatic carbocycles. The molecule has 0 aliphatic heterocycles. The topological polar surface area (TPSA) is 66.9 Å². The van der Waals surface area contributed by atoms with Crippen LogP contribution in [-0.2, 0) is 17.5 Å². The predicted octanol–water partition coefficient (Wildman–Crippen LogP) is 3.13. The molecule has 21 heavy (non-hydrogen) atoms. The maximum atomic E-state index is 12.4. The summed E-state index contributed by atoms with van der Waals surface area (Å²) < 4.78 is 37.2. The zero-order valence-electron chi connectivity index (χ0n) is 10.9. The Hall–Kier alpha value is -2.16. The number of hydrogen-bond donors (Lipinski definition) is 2. The van der Waals surface area contributed by atoms with Crippen LogP contribution in [-0.4, -0.2) is 15.9 Å². The zero-order valence-corrected chi connectivity index (χ0v) is 11.7. The van der Waals surface area contributed by atoms with Crippen molar-refractivity contribution in [3.05, 3.63) is 34.4 Å². The lowest BCUT2D eigenvalue weighted by Crippen LogP contribution is -2.07. The summed E-state index contributed by atoms with van der Waals surface area (Å²) >= 11 is 0.557. The molecule has 0 saturated carbocycles. The molecule has 2 rings (SSSR count). The Morgan fingerprint density at radius 1 is 1.38 bits per heavy atom. The van der Waals surface area contributed by atoms with Gasteiger partial charge >= 0.3 is 6.18 Å². The second-order valence-electron chi connectivity index (χ2n) is 4.11. The number of alkyl halides is 3. The van der Waals surface area contributed by atoms with Gasteiger partial charge in [-0.15, -0.1) is 11.3 Å². The van der Waals surface area contributed by atoms with E-state index in [-0.39, 0.29) is 12.5 Å². The number of carbonyl (C=O) groups excluding carboxylic acids is 1. The van der Waals surface area contributed by atoms with E-state index in [1.807, 2.05) is 0 Å². The van der Waals surface area contributed by atoms with Crippen molar-refractivity contribution in [2.24, 2.45) is 0 Å². The number of hydrogen-bond acceptors (Lipinski definition) is 5. The first-order valence-electron chi connectivity index (χ1n) is 5.84. The second kappa shape index (κ2) is 6.08. The number of thiazole rings is 1. The second-order valence-corrected chi connectivity index (χ2v) is 4.97. The van der Waals surface area contributed by atoms with Crippen LogP contribution >= 0.6 is 11.3 Å². The van der Waals surface area contributed by atoms with Crippen molar-refractivity contribution in [1.29, 1.82) is 0 Å². The van der Waals surface area contributed by atoms with Gasteiger partial charge in [-0.25, -0.2) is 9.97 Å². The fourth-order valence-corrected chi connectivity index (χ4v) is 2.16. The van der Waals surface area contributed by atoms with Crippen LogP contribution in [0.1, 0.15) is 17.6 Å². The van der Waals surface area contributed by atoms with Crippen LogP contribution in [0.15, 0.2) is 23.7 Å². The molecule has 0 atom stereocenters. The average Bonchev–Trinajstić information content (AvgIpc) is 2.86. The van der Waals surface area contributed by atoms with Crippen molar-refractivity contribution in [1.82, 2.24) is 9.97 Å². The molecule has 0 aliphatic rings. The summed E-state index contributed by atoms with van der Waals surface area (Å²) in [6.07, 6.45) is -2.97. The number of amides is 1. The third kappa shape index (κ3) is 4.42. The lowest BCUT2D eigenvalue weighted by molar-refractivity contribution is -0.137. The van der Waals surface area contributed by atoms with Crippen molar-refractivity contribution >= 4 is 28.7 Å². The van der Waals surface area contributed by atoms with E-state index in [1.54, 1.807) is 12.1 Å². The first-order valence-corrected chi connectivity index (χ1v) is 6.71. The first kappa shape index (κ1) is 15.2. The van der Waals surface area contributed by atoms with Crippen LogP contribution < -0.4 is 10.6 Å². The number of anilines is 2. The largest absolute Gasteiger partial charge is 0.443 e. The number of aromatic nitrogens is 2. The summed E-state index contributed by atoms with van der Waals surface area (Å²) in [4.78, 5) is 18.4. The van der Waals surface area contributed by atoms with Gasteiger partial charge in [-0.1, -0.05) is 0 Å². The molecule has 9 heteroatoms. The molecule has 0 unspecified atom stereocenters. The summed E-state index contributed by atoms with van der Waals surface area (Å²) in [6, 6.07) is 3.25. The van der Waals surface area contributed by atoms with Crippen LogP contribution in [0.5, 0.6) is 0 Å². The highest BCUT2D eigenvalue weighted by Crippen LogP contribution is 2.31. The molecule has 0 bridgehead atoms. The Morgan fingerprint density at radius 3 is 2.67 bits per heavy atom. The number of pyridine rings is 1. The van der Waals surface area contributed by atoms with Crippen LogP contribution in [0.4, 0.5) is 24.7 Å². The lowest BCUT2D eigenvalue weighted by Gasteiger charge is -2.05. The zero-order chi connectivity index (χ0) is 15.5. The van der Waals surface area contributed by atoms with Gasteiger partial charge in [0, 0.05) is 12.3 Å². The normalized spacial score (nSPS) is 11.2. The summed E-state index contributed by atoms with van der Waals surface area (Å²) in [5.74, 6) is 0.269. The van der Waals surface area contributed by atoms with E-state index in [9.17, 15) is 18.0 Å². The Morgan fingerprint density at radius 2 is 2.14 bits per heavy atom. The van der Waals surface area contributed by atoms with Crippen molar-refractivity contribution < 1.29 is 18.0 Å². The van der Waals surface area contributed by atoms with E-state index >= 15 is 0 Å². The molecular weight excluding hydrogens is 305 g/mol. The van der Waals surface area contributed by atoms with Crippen molar-refractivity contribution in [2.75, 3.05) is 10.6 Å². The molecule has 0 aliphatic carbocycles. The Kier molecular flexibility index (Phi) is 4.41. The van der Waals surface area contributed by atoms with E-state index in [0.29, 0.717) is 28.5 Å². The van der Waals surface area contributed by atoms with Crippen LogP contribution in [0.25, 0.3) is 0 Å². The highest BCUT2D eigenvalue weighted by atomic mass is 32.1. The average molecular weight is 316 g/mol. The monoisotopic (exact) mass is 316 g/mol. The van der Waals surface area contributed by atoms with E-state index in [0.717, 1.165) is 0 Å². The van der Waals surface area contributed by atoms with E-state index in [2.05, 4.69) is 20.6 Å². The van der Waals surface area contributed by atoms with E-state index < -0.39 is 11.2 Å². The van der Waals surface area contributed by atoms with Gasteiger partial charge in [0.1, 0.15) is 5.82 Å². The summed E-state index contributed by atoms with van der Waals surface area (Å²) in [7, 11) is 0. The summed E-state index contributed by atoms with van der Waals surface area (Å²) in [6.45, 7) is 1.52. The number of nitrogens with zero attached hydrogens (tertiary/aromatic N) is 2. The Labute approximate surface area is 122 Å². The van der Waals surface area contributed by atoms with Gasteiger partial charge in [0.15, 0.2) is 5.01 Å². The molecule has 0 fully saturated rings. The molecule has 2 N–H and O–H groups in total. The van der Waals surface area contributed by atoms with Crippen molar-refractivity contribution in [2.45, 2.75) is 19.6 Å². The molecule has 0 radical (unpaired) electrons. The van der Waals surface area contributed by atoms with Gasteiger partial charge < -0.3 is 10.6 Å². The fourth-order valence-electron chi connectivity index (χ4n) is 1.48. The van der Waals surface area contributed by atoms with E-state index in [4.69, 9.17) is 0 Å². The van der Waals surface area contributed by atoms with Crippen LogP contribution in [0, 0.1) is 0 Å². The van der Waals surface area contributed by atoms with Gasteiger partial charge in [-0.3, -0.25) is 4.79 Å². The van der Waals surface area contributed by atoms with Gasteiger partial charge in [0.25, 0.3) is 0 Å². The molecule has 2 aromatic rings. The SMILES string of the molecule is CC(=O)Nc1ccc(NCc2csc(C(F)(F)F)n2)nc1. The van der Waals surface area contributed by atoms with Gasteiger partial charge in [0.2, 0.25) is 5.91 Å². The maximum absolute atomic E-state index is 12.4. The van der Waals surface area contributed by atoms with Crippen LogP contribution in [0.2, 0.25) is 0 Å². The molecule has 112 valence electrons. The minimum absolute atomic E-state index is 0.138. The Bertz CT molecular complexity index is 624. The number of carbonyl (C=O) groups is 1. The van der Waals surface area contributed by atoms with Crippen molar-refractivity contribution in [3.63, 3.8) is 0 Å². The van der Waals surface area contributed by atoms with Gasteiger partial charge in [-0.2, -0.15) is 13.2 Å². The fraction of sp³-hybridized carbons (Fsp3) is 0.250. The van der Waals surface area contributed by atoms with Crippen molar-refractivity contribution in [3.8, 4) is 0 Å². The number of halogens is 3. The molecule has 0 saturated heterocycles. The number of nitrogens with one attached hydrogen (secondary N) is 2. The molecule has 0 spiro atoms. The molecule has 5 nitrogen and oxygen atoms in total. The summed E-state index contributed by atoms with van der Waals surface area (Å²) in [5, 5.41) is 5.90. The predicted molar refractivity (Wildman–Crippen MR) is 73.0 cm³/mol. The first-order chi connectivity index (χ1) is 9.84. The molecular formula is C12H11F3N4OS. The Balaban J connectivity index is 1.94. The minimum atomic E-state index is -4.42. The minimum Gasteiger partial charge on any atom is -0.364 e. The van der Waals surface area contributed by atoms with E-state index in [1.165, 1.54) is 18.5 Å². The van der Waals surface area contributed by atoms with Gasteiger partial charge in [-0.05, 0) is 12.1 Å². The van der Waals surface area contributed by atoms with Gasteiger partial charge in [0.05, 0.1) is 24.1 Å². The quantitative estimate of drug-likeness (QED) is 0.909. The third-order valence-corrected chi connectivity index (χ3v) is 3.26. The highest BCUT2D eigenvalue weighted by Gasteiger charge is 2.34. The smallest absolute Gasteiger partial charge is 0.364 e. The highest BCUT2D eigenvalue weighted by molar-refractivity contribution is 7.09. The molecule has 1 amide bonds. The third-order valence-electron chi connectivity index (χ3n) is 2.33. The lowest BCUT2D eigenvalue weighted by atomic mass is 10.4. The molecule has 2 heterocycles. The summed E-state index contributed by atoms with van der Waals surface area (Å²) in [5.41, 5.74) is 0.834. The number of rotatable bonds is 4.